The highest BCUT2D eigenvalue weighted by atomic mass is 16.5. The van der Waals surface area contributed by atoms with E-state index in [1.807, 2.05) is 36.4 Å². The summed E-state index contributed by atoms with van der Waals surface area (Å²) in [6.45, 7) is 0.728. The van der Waals surface area contributed by atoms with Crippen LogP contribution in [0.3, 0.4) is 0 Å². The summed E-state index contributed by atoms with van der Waals surface area (Å²) in [4.78, 5) is 15.1. The van der Waals surface area contributed by atoms with Crippen molar-refractivity contribution in [3.63, 3.8) is 0 Å². The minimum absolute atomic E-state index is 0.0182. The molecule has 5 heteroatoms. The molecular formula is C15H17N3O2. The van der Waals surface area contributed by atoms with Gasteiger partial charge in [-0.2, -0.15) is 0 Å². The first kappa shape index (κ1) is 13.9. The second kappa shape index (κ2) is 7.13. The number of carbonyl (C=O) groups is 1. The van der Waals surface area contributed by atoms with Crippen molar-refractivity contribution >= 4 is 11.6 Å². The summed E-state index contributed by atoms with van der Waals surface area (Å²) in [5, 5.41) is 5.81. The molecule has 5 nitrogen and oxygen atoms in total. The third kappa shape index (κ3) is 4.28. The second-order valence-corrected chi connectivity index (χ2v) is 4.20. The van der Waals surface area contributed by atoms with Gasteiger partial charge < -0.3 is 15.4 Å². The summed E-state index contributed by atoms with van der Waals surface area (Å²) < 4.78 is 5.39. The lowest BCUT2D eigenvalue weighted by Gasteiger charge is -2.09. The predicted octanol–water partition coefficient (Wildman–Crippen LogP) is 1.82. The molecule has 0 unspecified atom stereocenters. The molecule has 0 aliphatic rings. The molecule has 20 heavy (non-hydrogen) atoms. The number of nitrogens with zero attached hydrogens (tertiary/aromatic N) is 1. The second-order valence-electron chi connectivity index (χ2n) is 4.20. The lowest BCUT2D eigenvalue weighted by Crippen LogP contribution is -2.24. The van der Waals surface area contributed by atoms with E-state index >= 15 is 0 Å². The lowest BCUT2D eigenvalue weighted by molar-refractivity contribution is -0.122. The zero-order chi connectivity index (χ0) is 14.2. The molecule has 0 spiro atoms. The molecule has 1 aromatic heterocycles. The van der Waals surface area contributed by atoms with E-state index in [1.165, 1.54) is 0 Å². The quantitative estimate of drug-likeness (QED) is 0.841. The summed E-state index contributed by atoms with van der Waals surface area (Å²) >= 11 is 0. The minimum Gasteiger partial charge on any atom is -0.484 e. The molecule has 0 saturated carbocycles. The summed E-state index contributed by atoms with van der Waals surface area (Å²) in [7, 11) is 1.58. The molecular weight excluding hydrogens is 254 g/mol. The van der Waals surface area contributed by atoms with Crippen LogP contribution in [-0.2, 0) is 11.3 Å². The van der Waals surface area contributed by atoms with Gasteiger partial charge in [0.1, 0.15) is 5.75 Å². The predicted molar refractivity (Wildman–Crippen MR) is 77.6 cm³/mol. The van der Waals surface area contributed by atoms with Gasteiger partial charge in [0, 0.05) is 37.7 Å². The molecule has 0 saturated heterocycles. The Morgan fingerprint density at radius 3 is 2.80 bits per heavy atom. The van der Waals surface area contributed by atoms with Crippen LogP contribution in [0.5, 0.6) is 5.75 Å². The number of hydrogen-bond acceptors (Lipinski definition) is 4. The van der Waals surface area contributed by atoms with E-state index in [2.05, 4.69) is 15.6 Å². The monoisotopic (exact) mass is 271 g/mol. The average molecular weight is 271 g/mol. The number of carbonyl (C=O) groups excluding carboxylic acids is 1. The molecule has 0 atom stereocenters. The van der Waals surface area contributed by atoms with Crippen LogP contribution < -0.4 is 15.4 Å². The fourth-order valence-corrected chi connectivity index (χ4v) is 1.62. The maximum atomic E-state index is 11.1. The number of likely N-dealkylation sites (N-methyl/N-ethyl adjacent to an activating group) is 1. The number of benzene rings is 1. The Kier molecular flexibility index (Phi) is 4.94. The zero-order valence-corrected chi connectivity index (χ0v) is 11.3. The SMILES string of the molecule is CNC(=O)COc1cccc(NCc2ccncc2)c1. The van der Waals surface area contributed by atoms with Gasteiger partial charge in [-0.05, 0) is 29.8 Å². The first-order valence-electron chi connectivity index (χ1n) is 6.34. The summed E-state index contributed by atoms with van der Waals surface area (Å²) in [5.41, 5.74) is 2.09. The average Bonchev–Trinajstić information content (AvgIpc) is 2.52. The fraction of sp³-hybridized carbons (Fsp3) is 0.200. The Morgan fingerprint density at radius 2 is 2.05 bits per heavy atom. The first-order chi connectivity index (χ1) is 9.78. The van der Waals surface area contributed by atoms with Crippen molar-refractivity contribution in [2.24, 2.45) is 0 Å². The van der Waals surface area contributed by atoms with Crippen LogP contribution in [0.25, 0.3) is 0 Å². The van der Waals surface area contributed by atoms with Gasteiger partial charge in [0.15, 0.2) is 6.61 Å². The van der Waals surface area contributed by atoms with E-state index in [0.29, 0.717) is 12.3 Å². The van der Waals surface area contributed by atoms with Crippen LogP contribution >= 0.6 is 0 Å². The van der Waals surface area contributed by atoms with Gasteiger partial charge in [-0.25, -0.2) is 0 Å². The van der Waals surface area contributed by atoms with E-state index in [-0.39, 0.29) is 12.5 Å². The van der Waals surface area contributed by atoms with Gasteiger partial charge in [0.25, 0.3) is 5.91 Å². The van der Waals surface area contributed by atoms with Crippen molar-refractivity contribution in [1.82, 2.24) is 10.3 Å². The van der Waals surface area contributed by atoms with E-state index in [0.717, 1.165) is 11.3 Å². The summed E-state index contributed by atoms with van der Waals surface area (Å²) in [6, 6.07) is 11.4. The van der Waals surface area contributed by atoms with E-state index < -0.39 is 0 Å². The molecule has 2 aromatic rings. The Hall–Kier alpha value is -2.56. The van der Waals surface area contributed by atoms with Crippen LogP contribution in [0.1, 0.15) is 5.56 Å². The van der Waals surface area contributed by atoms with Gasteiger partial charge in [-0.1, -0.05) is 6.07 Å². The van der Waals surface area contributed by atoms with Crippen LogP contribution in [0.15, 0.2) is 48.8 Å². The van der Waals surface area contributed by atoms with Gasteiger partial charge in [0.05, 0.1) is 0 Å². The normalized spacial score (nSPS) is 9.85. The van der Waals surface area contributed by atoms with Crippen LogP contribution in [0, 0.1) is 0 Å². The van der Waals surface area contributed by atoms with Crippen molar-refractivity contribution in [1.29, 1.82) is 0 Å². The maximum Gasteiger partial charge on any atom is 0.257 e. The minimum atomic E-state index is -0.153. The number of hydrogen-bond donors (Lipinski definition) is 2. The fourth-order valence-electron chi connectivity index (χ4n) is 1.62. The molecule has 0 radical (unpaired) electrons. The highest BCUT2D eigenvalue weighted by Crippen LogP contribution is 2.17. The van der Waals surface area contributed by atoms with Gasteiger partial charge in [-0.15, -0.1) is 0 Å². The highest BCUT2D eigenvalue weighted by molar-refractivity contribution is 5.77. The smallest absolute Gasteiger partial charge is 0.257 e. The Morgan fingerprint density at radius 1 is 1.25 bits per heavy atom. The number of nitrogens with one attached hydrogen (secondary N) is 2. The molecule has 0 bridgehead atoms. The van der Waals surface area contributed by atoms with Crippen LogP contribution in [0.2, 0.25) is 0 Å². The van der Waals surface area contributed by atoms with Crippen molar-refractivity contribution in [3.05, 3.63) is 54.4 Å². The van der Waals surface area contributed by atoms with Crippen LogP contribution in [0.4, 0.5) is 5.69 Å². The summed E-state index contributed by atoms with van der Waals surface area (Å²) in [5.74, 6) is 0.508. The number of ether oxygens (including phenoxy) is 1. The number of anilines is 1. The molecule has 1 aromatic carbocycles. The van der Waals surface area contributed by atoms with Crippen molar-refractivity contribution in [3.8, 4) is 5.75 Å². The van der Waals surface area contributed by atoms with Gasteiger partial charge in [0.2, 0.25) is 0 Å². The number of pyridine rings is 1. The third-order valence-corrected chi connectivity index (χ3v) is 2.73. The first-order valence-corrected chi connectivity index (χ1v) is 6.34. The highest BCUT2D eigenvalue weighted by Gasteiger charge is 2.01. The van der Waals surface area contributed by atoms with E-state index in [9.17, 15) is 4.79 Å². The van der Waals surface area contributed by atoms with Gasteiger partial charge in [-0.3, -0.25) is 9.78 Å². The van der Waals surface area contributed by atoms with E-state index in [1.54, 1.807) is 19.4 Å². The summed E-state index contributed by atoms with van der Waals surface area (Å²) in [6.07, 6.45) is 3.53. The van der Waals surface area contributed by atoms with Crippen molar-refractivity contribution in [2.45, 2.75) is 6.54 Å². The van der Waals surface area contributed by atoms with Crippen LogP contribution in [-0.4, -0.2) is 24.5 Å². The molecule has 2 N–H and O–H groups in total. The van der Waals surface area contributed by atoms with Crippen molar-refractivity contribution < 1.29 is 9.53 Å². The zero-order valence-electron chi connectivity index (χ0n) is 11.3. The molecule has 104 valence electrons. The Labute approximate surface area is 118 Å². The van der Waals surface area contributed by atoms with E-state index in [4.69, 9.17) is 4.74 Å². The Balaban J connectivity index is 1.90. The molecule has 1 amide bonds. The third-order valence-electron chi connectivity index (χ3n) is 2.73. The molecule has 2 rings (SSSR count). The number of amides is 1. The topological polar surface area (TPSA) is 63.2 Å². The number of rotatable bonds is 6. The lowest BCUT2D eigenvalue weighted by atomic mass is 10.2. The molecule has 0 aliphatic heterocycles. The van der Waals surface area contributed by atoms with Gasteiger partial charge >= 0.3 is 0 Å². The maximum absolute atomic E-state index is 11.1. The van der Waals surface area contributed by atoms with Crippen molar-refractivity contribution in [2.75, 3.05) is 19.0 Å². The largest absolute Gasteiger partial charge is 0.484 e. The molecule has 1 heterocycles. The molecule has 0 aliphatic carbocycles. The molecule has 0 fully saturated rings. The Bertz CT molecular complexity index is 558. The standard InChI is InChI=1S/C15H17N3O2/c1-16-15(19)11-20-14-4-2-3-13(9-14)18-10-12-5-7-17-8-6-12/h2-9,18H,10-11H2,1H3,(H,16,19). The number of aromatic nitrogens is 1.